The quantitative estimate of drug-likeness (QED) is 0.923. The van der Waals surface area contributed by atoms with Crippen LogP contribution in [0.15, 0.2) is 12.4 Å². The molecule has 2 atom stereocenters. The van der Waals surface area contributed by atoms with Gasteiger partial charge in [-0.1, -0.05) is 6.92 Å². The highest BCUT2D eigenvalue weighted by Gasteiger charge is 2.32. The minimum atomic E-state index is -0.368. The third-order valence-corrected chi connectivity index (χ3v) is 3.40. The van der Waals surface area contributed by atoms with Crippen molar-refractivity contribution in [2.45, 2.75) is 38.3 Å². The molecule has 0 spiro atoms. The number of aryl methyl sites for hydroxylation is 1. The van der Waals surface area contributed by atoms with E-state index in [9.17, 15) is 4.79 Å². The summed E-state index contributed by atoms with van der Waals surface area (Å²) in [6.45, 7) is 2.75. The van der Waals surface area contributed by atoms with E-state index in [0.717, 1.165) is 24.9 Å². The maximum absolute atomic E-state index is 12.1. The smallest absolute Gasteiger partial charge is 0.239 e. The first-order valence-electron chi connectivity index (χ1n) is 6.18. The number of carbonyl (C=O) groups is 1. The largest absolute Gasteiger partial charge is 0.334 e. The molecule has 110 valence electrons. The summed E-state index contributed by atoms with van der Waals surface area (Å²) in [6, 6.07) is -0.207. The fourth-order valence-corrected chi connectivity index (χ4v) is 2.38. The molecule has 1 amide bonds. The molecule has 1 fully saturated rings. The van der Waals surface area contributed by atoms with Crippen molar-refractivity contribution in [2.24, 2.45) is 12.8 Å². The molecule has 1 unspecified atom stereocenters. The number of hydrogen-bond donors (Lipinski definition) is 1. The zero-order valence-corrected chi connectivity index (χ0v) is 12.9. The molecular weight excluding hydrogens is 287 g/mol. The van der Waals surface area contributed by atoms with Gasteiger partial charge < -0.3 is 10.6 Å². The maximum atomic E-state index is 12.1. The first kappa shape index (κ1) is 18.2. The molecule has 0 bridgehead atoms. The standard InChI is InChI=1S/C12H20N4O.2ClH/c1-3-10(13)12(17)16-6-4-5-11(16)9-7-14-15(2)8-9;;/h7-8,10-11H,3-6,13H2,1-2H3;2*1H/t10-,11?;;/m0../s1. The number of aromatic nitrogens is 2. The zero-order valence-electron chi connectivity index (χ0n) is 11.3. The Bertz CT molecular complexity index is 410. The highest BCUT2D eigenvalue weighted by Crippen LogP contribution is 2.31. The van der Waals surface area contributed by atoms with Gasteiger partial charge in [-0.15, -0.1) is 24.8 Å². The number of nitrogens with two attached hydrogens (primary N) is 1. The van der Waals surface area contributed by atoms with Crippen LogP contribution in [-0.2, 0) is 11.8 Å². The molecule has 1 aliphatic heterocycles. The van der Waals surface area contributed by atoms with Gasteiger partial charge in [-0.3, -0.25) is 9.48 Å². The Hall–Kier alpha value is -0.780. The van der Waals surface area contributed by atoms with Crippen LogP contribution >= 0.6 is 24.8 Å². The highest BCUT2D eigenvalue weighted by molar-refractivity contribution is 5.85. The lowest BCUT2D eigenvalue weighted by Crippen LogP contribution is -2.42. The monoisotopic (exact) mass is 308 g/mol. The van der Waals surface area contributed by atoms with E-state index in [1.165, 1.54) is 0 Å². The van der Waals surface area contributed by atoms with Gasteiger partial charge in [0.1, 0.15) is 0 Å². The van der Waals surface area contributed by atoms with E-state index < -0.39 is 0 Å². The number of halogens is 2. The van der Waals surface area contributed by atoms with Crippen molar-refractivity contribution in [3.05, 3.63) is 18.0 Å². The zero-order chi connectivity index (χ0) is 12.4. The van der Waals surface area contributed by atoms with Gasteiger partial charge in [-0.25, -0.2) is 0 Å². The molecule has 0 aliphatic carbocycles. The van der Waals surface area contributed by atoms with Crippen molar-refractivity contribution in [1.29, 1.82) is 0 Å². The topological polar surface area (TPSA) is 64.2 Å². The molecule has 7 heteroatoms. The maximum Gasteiger partial charge on any atom is 0.239 e. The summed E-state index contributed by atoms with van der Waals surface area (Å²) in [4.78, 5) is 14.0. The number of carbonyl (C=O) groups excluding carboxylic acids is 1. The Kier molecular flexibility index (Phi) is 7.41. The molecule has 0 aromatic carbocycles. The molecule has 19 heavy (non-hydrogen) atoms. The lowest BCUT2D eigenvalue weighted by atomic mass is 10.1. The first-order chi connectivity index (χ1) is 8.13. The van der Waals surface area contributed by atoms with Crippen LogP contribution in [0.2, 0.25) is 0 Å². The van der Waals surface area contributed by atoms with Crippen molar-refractivity contribution in [2.75, 3.05) is 6.54 Å². The van der Waals surface area contributed by atoms with Crippen LogP contribution in [0.25, 0.3) is 0 Å². The average Bonchev–Trinajstić information content (AvgIpc) is 2.94. The van der Waals surface area contributed by atoms with Gasteiger partial charge >= 0.3 is 0 Å². The van der Waals surface area contributed by atoms with Crippen LogP contribution < -0.4 is 5.73 Å². The number of amides is 1. The Balaban J connectivity index is 0.00000162. The highest BCUT2D eigenvalue weighted by atomic mass is 35.5. The summed E-state index contributed by atoms with van der Waals surface area (Å²) >= 11 is 0. The minimum absolute atomic E-state index is 0. The van der Waals surface area contributed by atoms with Gasteiger partial charge in [0, 0.05) is 25.4 Å². The van der Waals surface area contributed by atoms with Crippen molar-refractivity contribution in [3.63, 3.8) is 0 Å². The molecule has 1 aromatic heterocycles. The second-order valence-corrected chi connectivity index (χ2v) is 4.65. The number of rotatable bonds is 3. The van der Waals surface area contributed by atoms with Crippen LogP contribution in [-0.4, -0.2) is 33.2 Å². The molecule has 0 saturated carbocycles. The van der Waals surface area contributed by atoms with E-state index in [2.05, 4.69) is 5.10 Å². The summed E-state index contributed by atoms with van der Waals surface area (Å²) in [7, 11) is 1.89. The SMILES string of the molecule is CC[C@H](N)C(=O)N1CCCC1c1cnn(C)c1.Cl.Cl. The van der Waals surface area contributed by atoms with Crippen LogP contribution in [0.1, 0.15) is 37.8 Å². The van der Waals surface area contributed by atoms with Gasteiger partial charge in [0.05, 0.1) is 18.3 Å². The van der Waals surface area contributed by atoms with Crippen molar-refractivity contribution in [1.82, 2.24) is 14.7 Å². The molecule has 5 nitrogen and oxygen atoms in total. The van der Waals surface area contributed by atoms with E-state index in [1.54, 1.807) is 4.68 Å². The summed E-state index contributed by atoms with van der Waals surface area (Å²) in [5, 5.41) is 4.17. The summed E-state index contributed by atoms with van der Waals surface area (Å²) in [5.41, 5.74) is 6.94. The summed E-state index contributed by atoms with van der Waals surface area (Å²) < 4.78 is 1.77. The van der Waals surface area contributed by atoms with Gasteiger partial charge in [-0.05, 0) is 19.3 Å². The molecular formula is C12H22Cl2N4O. The van der Waals surface area contributed by atoms with E-state index in [0.29, 0.717) is 6.42 Å². The van der Waals surface area contributed by atoms with E-state index in [-0.39, 0.29) is 42.8 Å². The van der Waals surface area contributed by atoms with Crippen molar-refractivity contribution in [3.8, 4) is 0 Å². The number of nitrogens with zero attached hydrogens (tertiary/aromatic N) is 3. The van der Waals surface area contributed by atoms with Gasteiger partial charge in [0.2, 0.25) is 5.91 Å². The summed E-state index contributed by atoms with van der Waals surface area (Å²) in [6.07, 6.45) is 6.56. The van der Waals surface area contributed by atoms with E-state index in [1.807, 2.05) is 31.3 Å². The lowest BCUT2D eigenvalue weighted by Gasteiger charge is -2.26. The fourth-order valence-electron chi connectivity index (χ4n) is 2.38. The third-order valence-electron chi connectivity index (χ3n) is 3.40. The molecule has 2 N–H and O–H groups in total. The number of hydrogen-bond acceptors (Lipinski definition) is 3. The molecule has 0 radical (unpaired) electrons. The lowest BCUT2D eigenvalue weighted by molar-refractivity contribution is -0.133. The van der Waals surface area contributed by atoms with E-state index >= 15 is 0 Å². The first-order valence-corrected chi connectivity index (χ1v) is 6.18. The van der Waals surface area contributed by atoms with Crippen LogP contribution in [0.5, 0.6) is 0 Å². The second-order valence-electron chi connectivity index (χ2n) is 4.65. The fraction of sp³-hybridized carbons (Fsp3) is 0.667. The minimum Gasteiger partial charge on any atom is -0.334 e. The molecule has 1 aromatic rings. The molecule has 1 saturated heterocycles. The Morgan fingerprint density at radius 2 is 2.26 bits per heavy atom. The van der Waals surface area contributed by atoms with E-state index in [4.69, 9.17) is 5.73 Å². The number of likely N-dealkylation sites (tertiary alicyclic amines) is 1. The molecule has 2 heterocycles. The van der Waals surface area contributed by atoms with Gasteiger partial charge in [0.15, 0.2) is 0 Å². The van der Waals surface area contributed by atoms with Gasteiger partial charge in [0.25, 0.3) is 0 Å². The summed E-state index contributed by atoms with van der Waals surface area (Å²) in [5.74, 6) is 0.0684. The Labute approximate surface area is 126 Å². The van der Waals surface area contributed by atoms with Crippen LogP contribution in [0.4, 0.5) is 0 Å². The van der Waals surface area contributed by atoms with Crippen LogP contribution in [0, 0.1) is 0 Å². The predicted octanol–water partition coefficient (Wildman–Crippen LogP) is 1.66. The van der Waals surface area contributed by atoms with Crippen molar-refractivity contribution < 1.29 is 4.79 Å². The Morgan fingerprint density at radius 1 is 1.58 bits per heavy atom. The predicted molar refractivity (Wildman–Crippen MR) is 79.7 cm³/mol. The molecule has 1 aliphatic rings. The molecule has 2 rings (SSSR count). The van der Waals surface area contributed by atoms with Gasteiger partial charge in [-0.2, -0.15) is 5.10 Å². The normalized spacial score (nSPS) is 19.5. The Morgan fingerprint density at radius 3 is 2.79 bits per heavy atom. The van der Waals surface area contributed by atoms with Crippen molar-refractivity contribution >= 4 is 30.7 Å². The third kappa shape index (κ3) is 3.84. The van der Waals surface area contributed by atoms with Crippen LogP contribution in [0.3, 0.4) is 0 Å². The second kappa shape index (κ2) is 7.72. The average molecular weight is 309 g/mol.